The van der Waals surface area contributed by atoms with Crippen molar-refractivity contribution >= 4 is 22.7 Å². The second-order valence-corrected chi connectivity index (χ2v) is 9.59. The summed E-state index contributed by atoms with van der Waals surface area (Å²) in [6, 6.07) is 13.4. The zero-order chi connectivity index (χ0) is 20.3. The number of carbonyl (C=O) groups excluding carboxylic acids is 1. The van der Waals surface area contributed by atoms with Gasteiger partial charge in [-0.05, 0) is 86.6 Å². The summed E-state index contributed by atoms with van der Waals surface area (Å²) in [5, 5.41) is 3.21. The molecule has 0 radical (unpaired) electrons. The number of nitrogens with zero attached hydrogens (tertiary/aromatic N) is 1. The molecule has 4 saturated carbocycles. The lowest BCUT2D eigenvalue weighted by atomic mass is 9.49. The number of anilines is 1. The van der Waals surface area contributed by atoms with Crippen molar-refractivity contribution < 1.29 is 13.9 Å². The topological polar surface area (TPSA) is 64.4 Å². The van der Waals surface area contributed by atoms with Crippen LogP contribution >= 0.6 is 0 Å². The van der Waals surface area contributed by atoms with Crippen LogP contribution in [0.25, 0.3) is 22.6 Å². The van der Waals surface area contributed by atoms with Crippen LogP contribution in [0, 0.1) is 23.2 Å². The van der Waals surface area contributed by atoms with Gasteiger partial charge in [0.1, 0.15) is 11.3 Å². The lowest BCUT2D eigenvalue weighted by Gasteiger charge is -2.55. The van der Waals surface area contributed by atoms with Crippen LogP contribution in [0.1, 0.15) is 38.5 Å². The quantitative estimate of drug-likeness (QED) is 0.612. The van der Waals surface area contributed by atoms with E-state index in [0.29, 0.717) is 11.5 Å². The highest BCUT2D eigenvalue weighted by Gasteiger charge is 2.54. The molecule has 0 atom stereocenters. The number of aromatic nitrogens is 1. The largest absolute Gasteiger partial charge is 0.497 e. The molecule has 3 aromatic rings. The molecular formula is C25H26N2O3. The predicted octanol–water partition coefficient (Wildman–Crippen LogP) is 5.66. The summed E-state index contributed by atoms with van der Waals surface area (Å²) >= 11 is 0. The number of ether oxygens (including phenoxy) is 1. The van der Waals surface area contributed by atoms with E-state index in [1.54, 1.807) is 7.11 Å². The van der Waals surface area contributed by atoms with E-state index in [1.165, 1.54) is 19.3 Å². The van der Waals surface area contributed by atoms with Gasteiger partial charge in [0.2, 0.25) is 11.8 Å². The minimum atomic E-state index is -0.156. The lowest BCUT2D eigenvalue weighted by Crippen LogP contribution is -2.51. The summed E-state index contributed by atoms with van der Waals surface area (Å²) in [6.45, 7) is 0. The van der Waals surface area contributed by atoms with Gasteiger partial charge in [-0.25, -0.2) is 4.98 Å². The first-order valence-corrected chi connectivity index (χ1v) is 11.0. The zero-order valence-corrected chi connectivity index (χ0v) is 17.2. The molecule has 4 aliphatic rings. The number of benzene rings is 2. The predicted molar refractivity (Wildman–Crippen MR) is 115 cm³/mol. The Labute approximate surface area is 175 Å². The molecule has 7 rings (SSSR count). The highest BCUT2D eigenvalue weighted by atomic mass is 16.5. The first kappa shape index (κ1) is 18.0. The monoisotopic (exact) mass is 402 g/mol. The Kier molecular flexibility index (Phi) is 3.95. The van der Waals surface area contributed by atoms with Gasteiger partial charge in [-0.2, -0.15) is 0 Å². The fourth-order valence-corrected chi connectivity index (χ4v) is 6.53. The van der Waals surface area contributed by atoms with Gasteiger partial charge in [-0.1, -0.05) is 6.07 Å². The maximum Gasteiger partial charge on any atom is 0.230 e. The molecule has 4 bridgehead atoms. The molecule has 30 heavy (non-hydrogen) atoms. The Balaban J connectivity index is 1.26. The van der Waals surface area contributed by atoms with Gasteiger partial charge in [-0.15, -0.1) is 0 Å². The third-order valence-electron chi connectivity index (χ3n) is 7.48. The van der Waals surface area contributed by atoms with E-state index in [0.717, 1.165) is 59.5 Å². The standard InChI is InChI=1S/C25H26N2O3/c1-29-20-4-2-3-18(10-20)23-27-21-6-5-19(11-22(21)30-23)26-24(28)25-12-15-7-16(13-25)9-17(8-15)14-25/h2-6,10-11,15-17H,7-9,12-14H2,1H3,(H,26,28). The molecule has 5 heteroatoms. The van der Waals surface area contributed by atoms with Crippen LogP contribution in [-0.4, -0.2) is 18.0 Å². The van der Waals surface area contributed by atoms with Crippen LogP contribution in [0.5, 0.6) is 5.75 Å². The van der Waals surface area contributed by atoms with E-state index in [9.17, 15) is 4.79 Å². The van der Waals surface area contributed by atoms with Gasteiger partial charge < -0.3 is 14.5 Å². The molecule has 1 aromatic heterocycles. The molecule has 1 heterocycles. The van der Waals surface area contributed by atoms with E-state index < -0.39 is 0 Å². The third-order valence-corrected chi connectivity index (χ3v) is 7.48. The van der Waals surface area contributed by atoms with Gasteiger partial charge in [0.25, 0.3) is 0 Å². The van der Waals surface area contributed by atoms with Crippen molar-refractivity contribution in [2.24, 2.45) is 23.2 Å². The smallest absolute Gasteiger partial charge is 0.230 e. The summed E-state index contributed by atoms with van der Waals surface area (Å²) in [5.41, 5.74) is 2.95. The maximum absolute atomic E-state index is 13.3. The van der Waals surface area contributed by atoms with Crippen LogP contribution in [-0.2, 0) is 4.79 Å². The van der Waals surface area contributed by atoms with Crippen molar-refractivity contribution in [3.8, 4) is 17.2 Å². The molecule has 0 saturated heterocycles. The third kappa shape index (κ3) is 2.91. The molecular weight excluding hydrogens is 376 g/mol. The molecule has 0 aliphatic heterocycles. The molecule has 1 amide bonds. The highest BCUT2D eigenvalue weighted by molar-refractivity contribution is 5.97. The Morgan fingerprint density at radius 1 is 1.07 bits per heavy atom. The number of carbonyl (C=O) groups is 1. The second-order valence-electron chi connectivity index (χ2n) is 9.59. The zero-order valence-electron chi connectivity index (χ0n) is 17.2. The number of amides is 1. The first-order valence-electron chi connectivity index (χ1n) is 11.0. The molecule has 0 spiro atoms. The van der Waals surface area contributed by atoms with E-state index >= 15 is 0 Å². The van der Waals surface area contributed by atoms with Crippen molar-refractivity contribution in [2.45, 2.75) is 38.5 Å². The Bertz CT molecular complexity index is 1100. The van der Waals surface area contributed by atoms with Gasteiger partial charge in [0.05, 0.1) is 12.5 Å². The van der Waals surface area contributed by atoms with E-state index in [4.69, 9.17) is 9.15 Å². The maximum atomic E-state index is 13.3. The fourth-order valence-electron chi connectivity index (χ4n) is 6.53. The van der Waals surface area contributed by atoms with Crippen molar-refractivity contribution in [2.75, 3.05) is 12.4 Å². The number of methoxy groups -OCH3 is 1. The lowest BCUT2D eigenvalue weighted by molar-refractivity contribution is -0.140. The minimum Gasteiger partial charge on any atom is -0.497 e. The SMILES string of the molecule is COc1cccc(-c2nc3ccc(NC(=O)C45CC6CC(CC(C6)C4)C5)cc3o2)c1. The average Bonchev–Trinajstić information content (AvgIpc) is 3.16. The number of fused-ring (bicyclic) bond motifs is 1. The number of nitrogens with one attached hydrogen (secondary N) is 1. The number of oxazole rings is 1. The van der Waals surface area contributed by atoms with Gasteiger partial charge >= 0.3 is 0 Å². The molecule has 154 valence electrons. The van der Waals surface area contributed by atoms with Crippen molar-refractivity contribution in [3.05, 3.63) is 42.5 Å². The van der Waals surface area contributed by atoms with Crippen LogP contribution in [0.15, 0.2) is 46.9 Å². The fraction of sp³-hybridized carbons (Fsp3) is 0.440. The first-order chi connectivity index (χ1) is 14.6. The highest BCUT2D eigenvalue weighted by Crippen LogP contribution is 2.60. The molecule has 5 nitrogen and oxygen atoms in total. The van der Waals surface area contributed by atoms with Crippen LogP contribution in [0.4, 0.5) is 5.69 Å². The minimum absolute atomic E-state index is 0.156. The van der Waals surface area contributed by atoms with Crippen molar-refractivity contribution in [3.63, 3.8) is 0 Å². The molecule has 4 fully saturated rings. The Hall–Kier alpha value is -2.82. The van der Waals surface area contributed by atoms with Crippen LogP contribution in [0.3, 0.4) is 0 Å². The van der Waals surface area contributed by atoms with Crippen LogP contribution < -0.4 is 10.1 Å². The van der Waals surface area contributed by atoms with Crippen molar-refractivity contribution in [1.29, 1.82) is 0 Å². The number of hydrogen-bond acceptors (Lipinski definition) is 4. The summed E-state index contributed by atoms with van der Waals surface area (Å²) < 4.78 is 11.3. The Morgan fingerprint density at radius 2 is 1.80 bits per heavy atom. The summed E-state index contributed by atoms with van der Waals surface area (Å²) in [6.07, 6.45) is 7.21. The molecule has 4 aliphatic carbocycles. The molecule has 2 aromatic carbocycles. The number of hydrogen-bond donors (Lipinski definition) is 1. The summed E-state index contributed by atoms with van der Waals surface area (Å²) in [4.78, 5) is 17.9. The summed E-state index contributed by atoms with van der Waals surface area (Å²) in [5.74, 6) is 3.78. The van der Waals surface area contributed by atoms with Gasteiger partial charge in [-0.3, -0.25) is 4.79 Å². The average molecular weight is 402 g/mol. The summed E-state index contributed by atoms with van der Waals surface area (Å²) in [7, 11) is 1.64. The normalized spacial score (nSPS) is 29.3. The van der Waals surface area contributed by atoms with Gasteiger partial charge in [0.15, 0.2) is 5.58 Å². The van der Waals surface area contributed by atoms with E-state index in [1.807, 2.05) is 42.5 Å². The van der Waals surface area contributed by atoms with Gasteiger partial charge in [0, 0.05) is 17.3 Å². The Morgan fingerprint density at radius 3 is 2.50 bits per heavy atom. The van der Waals surface area contributed by atoms with Crippen LogP contribution in [0.2, 0.25) is 0 Å². The second kappa shape index (κ2) is 6.59. The molecule has 1 N–H and O–H groups in total. The molecule has 0 unspecified atom stereocenters. The van der Waals surface area contributed by atoms with E-state index in [2.05, 4.69) is 10.3 Å². The van der Waals surface area contributed by atoms with Crippen molar-refractivity contribution in [1.82, 2.24) is 4.98 Å². The van der Waals surface area contributed by atoms with E-state index in [-0.39, 0.29) is 11.3 Å². The number of rotatable bonds is 4.